The van der Waals surface area contributed by atoms with Crippen molar-refractivity contribution in [3.05, 3.63) is 35.4 Å². The number of hydrogen-bond acceptors (Lipinski definition) is 4. The number of ether oxygens (including phenoxy) is 2. The number of benzene rings is 1. The van der Waals surface area contributed by atoms with E-state index >= 15 is 0 Å². The molecule has 0 bridgehead atoms. The van der Waals surface area contributed by atoms with E-state index in [1.54, 1.807) is 14.2 Å². The third-order valence-corrected chi connectivity index (χ3v) is 3.85. The molecule has 1 aromatic carbocycles. The molecule has 3 unspecified atom stereocenters. The maximum absolute atomic E-state index is 13.9. The van der Waals surface area contributed by atoms with Crippen molar-refractivity contribution >= 4 is 0 Å². The molecule has 2 rings (SSSR count). The summed E-state index contributed by atoms with van der Waals surface area (Å²) in [6.07, 6.45) is -0.243. The van der Waals surface area contributed by atoms with Crippen molar-refractivity contribution in [3.63, 3.8) is 0 Å². The van der Waals surface area contributed by atoms with Crippen LogP contribution in [0.25, 0.3) is 0 Å². The molecule has 6 heteroatoms. The molecule has 1 aromatic rings. The van der Waals surface area contributed by atoms with Crippen LogP contribution in [-0.2, 0) is 9.47 Å². The Morgan fingerprint density at radius 1 is 1.20 bits per heavy atom. The Hall–Kier alpha value is -1.08. The number of likely N-dealkylation sites (tertiary alicyclic amines) is 1. The zero-order valence-corrected chi connectivity index (χ0v) is 11.7. The Balaban J connectivity index is 2.25. The zero-order valence-electron chi connectivity index (χ0n) is 11.7. The first-order valence-electron chi connectivity index (χ1n) is 6.56. The zero-order chi connectivity index (χ0) is 14.7. The lowest BCUT2D eigenvalue weighted by Crippen LogP contribution is -2.34. The van der Waals surface area contributed by atoms with Crippen molar-refractivity contribution in [2.24, 2.45) is 5.73 Å². The van der Waals surface area contributed by atoms with Gasteiger partial charge in [0.25, 0.3) is 0 Å². The molecule has 20 heavy (non-hydrogen) atoms. The Morgan fingerprint density at radius 2 is 1.70 bits per heavy atom. The Bertz CT molecular complexity index is 427. The van der Waals surface area contributed by atoms with Crippen LogP contribution in [0.3, 0.4) is 0 Å². The maximum atomic E-state index is 13.9. The molecular weight excluding hydrogens is 266 g/mol. The van der Waals surface area contributed by atoms with Crippen LogP contribution in [0.2, 0.25) is 0 Å². The smallest absolute Gasteiger partial charge is 0.130 e. The lowest BCUT2D eigenvalue weighted by Gasteiger charge is -2.27. The van der Waals surface area contributed by atoms with Crippen molar-refractivity contribution in [2.45, 2.75) is 18.2 Å². The standard InChI is InChI=1S/C14H20F2N2O2/c1-19-12-7-18(8-13(12)20-2)11(6-17)14-9(15)4-3-5-10(14)16/h3-5,11-13H,6-8,17H2,1-2H3. The van der Waals surface area contributed by atoms with Gasteiger partial charge in [0.2, 0.25) is 0 Å². The summed E-state index contributed by atoms with van der Waals surface area (Å²) in [5, 5.41) is 0. The van der Waals surface area contributed by atoms with Crippen LogP contribution in [0.15, 0.2) is 18.2 Å². The first-order valence-corrected chi connectivity index (χ1v) is 6.56. The summed E-state index contributed by atoms with van der Waals surface area (Å²) < 4.78 is 38.5. The second kappa shape index (κ2) is 6.58. The van der Waals surface area contributed by atoms with Crippen molar-refractivity contribution < 1.29 is 18.3 Å². The van der Waals surface area contributed by atoms with E-state index in [4.69, 9.17) is 15.2 Å². The second-order valence-electron chi connectivity index (χ2n) is 4.89. The monoisotopic (exact) mass is 286 g/mol. The molecule has 0 aromatic heterocycles. The Morgan fingerprint density at radius 3 is 2.10 bits per heavy atom. The van der Waals surface area contributed by atoms with Crippen molar-refractivity contribution in [1.82, 2.24) is 4.90 Å². The van der Waals surface area contributed by atoms with Gasteiger partial charge in [0.15, 0.2) is 0 Å². The molecule has 1 fully saturated rings. The summed E-state index contributed by atoms with van der Waals surface area (Å²) in [5.41, 5.74) is 5.75. The molecule has 112 valence electrons. The van der Waals surface area contributed by atoms with Gasteiger partial charge >= 0.3 is 0 Å². The SMILES string of the molecule is COC1CN(C(CN)c2c(F)cccc2F)CC1OC. The maximum Gasteiger partial charge on any atom is 0.130 e. The molecule has 3 atom stereocenters. The van der Waals surface area contributed by atoms with Gasteiger partial charge in [-0.2, -0.15) is 0 Å². The van der Waals surface area contributed by atoms with Crippen LogP contribution >= 0.6 is 0 Å². The fourth-order valence-corrected chi connectivity index (χ4v) is 2.76. The van der Waals surface area contributed by atoms with Gasteiger partial charge < -0.3 is 15.2 Å². The molecule has 0 spiro atoms. The first-order chi connectivity index (χ1) is 9.62. The third-order valence-electron chi connectivity index (χ3n) is 3.85. The lowest BCUT2D eigenvalue weighted by molar-refractivity contribution is -0.00461. The molecule has 0 aliphatic carbocycles. The molecule has 0 saturated carbocycles. The molecule has 1 heterocycles. The molecule has 1 aliphatic rings. The van der Waals surface area contributed by atoms with E-state index in [9.17, 15) is 8.78 Å². The normalized spacial score (nSPS) is 25.1. The average molecular weight is 286 g/mol. The Labute approximate surface area is 117 Å². The minimum Gasteiger partial charge on any atom is -0.377 e. The average Bonchev–Trinajstić information content (AvgIpc) is 2.86. The van der Waals surface area contributed by atoms with Gasteiger partial charge in [0.1, 0.15) is 11.6 Å². The van der Waals surface area contributed by atoms with Crippen LogP contribution in [0.4, 0.5) is 8.78 Å². The van der Waals surface area contributed by atoms with E-state index in [1.165, 1.54) is 18.2 Å². The van der Waals surface area contributed by atoms with Crippen LogP contribution in [0.5, 0.6) is 0 Å². The summed E-state index contributed by atoms with van der Waals surface area (Å²) in [6.45, 7) is 1.19. The number of methoxy groups -OCH3 is 2. The summed E-state index contributed by atoms with van der Waals surface area (Å²) >= 11 is 0. The number of nitrogens with zero attached hydrogens (tertiary/aromatic N) is 1. The minimum atomic E-state index is -0.574. The predicted molar refractivity (Wildman–Crippen MR) is 71.3 cm³/mol. The van der Waals surface area contributed by atoms with Crippen molar-refractivity contribution in [3.8, 4) is 0 Å². The van der Waals surface area contributed by atoms with Gasteiger partial charge in [0.05, 0.1) is 18.2 Å². The summed E-state index contributed by atoms with van der Waals surface area (Å²) in [4.78, 5) is 1.91. The van der Waals surface area contributed by atoms with Gasteiger partial charge in [-0.15, -0.1) is 0 Å². The van der Waals surface area contributed by atoms with Crippen molar-refractivity contribution in [2.75, 3.05) is 33.9 Å². The van der Waals surface area contributed by atoms with E-state index < -0.39 is 17.7 Å². The third kappa shape index (κ3) is 2.83. The van der Waals surface area contributed by atoms with E-state index in [0.717, 1.165) is 0 Å². The summed E-state index contributed by atoms with van der Waals surface area (Å²) in [5.74, 6) is -1.15. The largest absolute Gasteiger partial charge is 0.377 e. The predicted octanol–water partition coefficient (Wildman–Crippen LogP) is 1.31. The quantitative estimate of drug-likeness (QED) is 0.886. The highest BCUT2D eigenvalue weighted by atomic mass is 19.1. The lowest BCUT2D eigenvalue weighted by atomic mass is 10.0. The Kier molecular flexibility index (Phi) is 5.04. The number of nitrogens with two attached hydrogens (primary N) is 1. The fraction of sp³-hybridized carbons (Fsp3) is 0.571. The van der Waals surface area contributed by atoms with E-state index in [0.29, 0.717) is 13.1 Å². The molecule has 4 nitrogen and oxygen atoms in total. The van der Waals surface area contributed by atoms with Gasteiger partial charge in [0, 0.05) is 39.4 Å². The van der Waals surface area contributed by atoms with Gasteiger partial charge in [-0.05, 0) is 12.1 Å². The van der Waals surface area contributed by atoms with Crippen LogP contribution in [-0.4, -0.2) is 51.0 Å². The first kappa shape index (κ1) is 15.3. The van der Waals surface area contributed by atoms with Crippen LogP contribution in [0, 0.1) is 11.6 Å². The molecule has 0 radical (unpaired) electrons. The van der Waals surface area contributed by atoms with Crippen LogP contribution in [0.1, 0.15) is 11.6 Å². The van der Waals surface area contributed by atoms with Gasteiger partial charge in [-0.3, -0.25) is 4.90 Å². The minimum absolute atomic E-state index is 0.0154. The van der Waals surface area contributed by atoms with Gasteiger partial charge in [-0.1, -0.05) is 6.07 Å². The van der Waals surface area contributed by atoms with E-state index in [1.807, 2.05) is 4.90 Å². The molecular formula is C14H20F2N2O2. The van der Waals surface area contributed by atoms with Gasteiger partial charge in [-0.25, -0.2) is 8.78 Å². The van der Waals surface area contributed by atoms with Crippen molar-refractivity contribution in [1.29, 1.82) is 0 Å². The van der Waals surface area contributed by atoms with E-state index in [-0.39, 0.29) is 24.3 Å². The van der Waals surface area contributed by atoms with E-state index in [2.05, 4.69) is 0 Å². The highest BCUT2D eigenvalue weighted by molar-refractivity contribution is 5.24. The number of rotatable bonds is 5. The highest BCUT2D eigenvalue weighted by Crippen LogP contribution is 2.29. The second-order valence-corrected chi connectivity index (χ2v) is 4.89. The number of hydrogen-bond donors (Lipinski definition) is 1. The topological polar surface area (TPSA) is 47.7 Å². The molecule has 1 saturated heterocycles. The summed E-state index contributed by atoms with van der Waals surface area (Å²) in [7, 11) is 3.20. The fourth-order valence-electron chi connectivity index (χ4n) is 2.76. The number of halogens is 2. The molecule has 0 amide bonds. The molecule has 1 aliphatic heterocycles. The highest BCUT2D eigenvalue weighted by Gasteiger charge is 2.38. The molecule has 2 N–H and O–H groups in total. The van der Waals surface area contributed by atoms with Crippen LogP contribution < -0.4 is 5.73 Å². The summed E-state index contributed by atoms with van der Waals surface area (Å²) in [6, 6.07) is 3.33.